The molecular weight excluding hydrogens is 307 g/mol. The Labute approximate surface area is 133 Å². The first-order valence-electron chi connectivity index (χ1n) is 6.88. The van der Waals surface area contributed by atoms with Crippen molar-refractivity contribution in [3.63, 3.8) is 0 Å². The monoisotopic (exact) mass is 322 g/mol. The highest BCUT2D eigenvalue weighted by molar-refractivity contribution is 6.31. The van der Waals surface area contributed by atoms with E-state index < -0.39 is 0 Å². The van der Waals surface area contributed by atoms with Crippen LogP contribution in [-0.2, 0) is 11.4 Å². The van der Waals surface area contributed by atoms with Crippen LogP contribution in [0, 0.1) is 12.7 Å². The Balaban J connectivity index is 2.21. The standard InChI is InChI=1S/C17H16ClFO3/c1-3-17(20)22-15-6-4-5-14(18)13(15)10-21-16-9-12(19)8-7-11(16)2/h4-9H,3,10H2,1-2H3. The minimum absolute atomic E-state index is 0.0797. The summed E-state index contributed by atoms with van der Waals surface area (Å²) in [7, 11) is 0. The maximum absolute atomic E-state index is 13.3. The zero-order chi connectivity index (χ0) is 16.1. The molecule has 0 aliphatic carbocycles. The van der Waals surface area contributed by atoms with Crippen molar-refractivity contribution in [1.82, 2.24) is 0 Å². The molecule has 0 unspecified atom stereocenters. The van der Waals surface area contributed by atoms with Gasteiger partial charge in [0, 0.05) is 12.5 Å². The van der Waals surface area contributed by atoms with Crippen molar-refractivity contribution in [2.24, 2.45) is 0 Å². The number of benzene rings is 2. The van der Waals surface area contributed by atoms with Crippen molar-refractivity contribution in [3.8, 4) is 11.5 Å². The average Bonchev–Trinajstić information content (AvgIpc) is 2.49. The van der Waals surface area contributed by atoms with Crippen LogP contribution >= 0.6 is 11.6 Å². The molecule has 0 saturated carbocycles. The van der Waals surface area contributed by atoms with Gasteiger partial charge in [0.05, 0.1) is 10.6 Å². The molecule has 0 spiro atoms. The lowest BCUT2D eigenvalue weighted by Gasteiger charge is -2.14. The Bertz CT molecular complexity index is 686. The summed E-state index contributed by atoms with van der Waals surface area (Å²) in [6.07, 6.45) is 0.260. The van der Waals surface area contributed by atoms with Crippen molar-refractivity contribution in [3.05, 3.63) is 58.4 Å². The smallest absolute Gasteiger partial charge is 0.310 e. The van der Waals surface area contributed by atoms with E-state index in [0.717, 1.165) is 5.56 Å². The second kappa shape index (κ2) is 7.27. The van der Waals surface area contributed by atoms with Gasteiger partial charge in [-0.1, -0.05) is 30.7 Å². The molecule has 0 aromatic heterocycles. The highest BCUT2D eigenvalue weighted by atomic mass is 35.5. The summed E-state index contributed by atoms with van der Waals surface area (Å²) in [6, 6.07) is 9.33. The van der Waals surface area contributed by atoms with E-state index in [1.165, 1.54) is 12.1 Å². The van der Waals surface area contributed by atoms with Gasteiger partial charge in [0.2, 0.25) is 0 Å². The van der Waals surface area contributed by atoms with E-state index in [4.69, 9.17) is 21.1 Å². The van der Waals surface area contributed by atoms with Crippen molar-refractivity contribution in [2.75, 3.05) is 0 Å². The predicted octanol–water partition coefficient (Wildman–Crippen LogP) is 4.68. The van der Waals surface area contributed by atoms with Crippen LogP contribution in [0.4, 0.5) is 4.39 Å². The Kier molecular flexibility index (Phi) is 5.39. The summed E-state index contributed by atoms with van der Waals surface area (Å²) in [5.74, 6) is 0.0453. The molecule has 0 heterocycles. The lowest BCUT2D eigenvalue weighted by molar-refractivity contribution is -0.134. The molecule has 0 N–H and O–H groups in total. The number of halogens is 2. The fourth-order valence-corrected chi connectivity index (χ4v) is 2.07. The molecule has 116 valence electrons. The largest absolute Gasteiger partial charge is 0.488 e. The van der Waals surface area contributed by atoms with Gasteiger partial charge in [0.1, 0.15) is 23.9 Å². The maximum Gasteiger partial charge on any atom is 0.310 e. The number of carbonyl (C=O) groups excluding carboxylic acids is 1. The molecule has 22 heavy (non-hydrogen) atoms. The second-order valence-electron chi connectivity index (χ2n) is 4.74. The number of rotatable bonds is 5. The van der Waals surface area contributed by atoms with Crippen LogP contribution in [0.25, 0.3) is 0 Å². The van der Waals surface area contributed by atoms with E-state index in [9.17, 15) is 9.18 Å². The van der Waals surface area contributed by atoms with Gasteiger partial charge in [-0.15, -0.1) is 0 Å². The molecule has 0 bridgehead atoms. The average molecular weight is 323 g/mol. The Morgan fingerprint density at radius 1 is 1.23 bits per heavy atom. The van der Waals surface area contributed by atoms with Crippen LogP contribution in [0.3, 0.4) is 0 Å². The first-order chi connectivity index (χ1) is 10.5. The highest BCUT2D eigenvalue weighted by Crippen LogP contribution is 2.29. The molecule has 0 atom stereocenters. The summed E-state index contributed by atoms with van der Waals surface area (Å²) >= 11 is 6.15. The second-order valence-corrected chi connectivity index (χ2v) is 5.15. The number of hydrogen-bond acceptors (Lipinski definition) is 3. The van der Waals surface area contributed by atoms with Crippen molar-refractivity contribution in [1.29, 1.82) is 0 Å². The summed E-state index contributed by atoms with van der Waals surface area (Å²) in [5.41, 5.74) is 1.36. The number of aryl methyl sites for hydroxylation is 1. The van der Waals surface area contributed by atoms with E-state index >= 15 is 0 Å². The first-order valence-corrected chi connectivity index (χ1v) is 7.26. The summed E-state index contributed by atoms with van der Waals surface area (Å²) in [5, 5.41) is 0.426. The predicted molar refractivity (Wildman–Crippen MR) is 82.8 cm³/mol. The van der Waals surface area contributed by atoms with Crippen LogP contribution < -0.4 is 9.47 Å². The molecule has 0 saturated heterocycles. The summed E-state index contributed by atoms with van der Waals surface area (Å²) < 4.78 is 24.1. The number of esters is 1. The SMILES string of the molecule is CCC(=O)Oc1cccc(Cl)c1COc1cc(F)ccc1C. The Morgan fingerprint density at radius 3 is 2.73 bits per heavy atom. The van der Waals surface area contributed by atoms with Gasteiger partial charge in [-0.2, -0.15) is 0 Å². The number of hydrogen-bond donors (Lipinski definition) is 0. The van der Waals surface area contributed by atoms with Gasteiger partial charge in [0.25, 0.3) is 0 Å². The quantitative estimate of drug-likeness (QED) is 0.592. The van der Waals surface area contributed by atoms with Crippen LogP contribution in [0.1, 0.15) is 24.5 Å². The van der Waals surface area contributed by atoms with Gasteiger partial charge >= 0.3 is 5.97 Å². The lowest BCUT2D eigenvalue weighted by atomic mass is 10.2. The topological polar surface area (TPSA) is 35.5 Å². The van der Waals surface area contributed by atoms with E-state index in [0.29, 0.717) is 22.1 Å². The molecule has 0 radical (unpaired) electrons. The van der Waals surface area contributed by atoms with Crippen LogP contribution in [0.2, 0.25) is 5.02 Å². The van der Waals surface area contributed by atoms with Gasteiger partial charge < -0.3 is 9.47 Å². The molecule has 2 aromatic rings. The molecular formula is C17H16ClFO3. The van der Waals surface area contributed by atoms with E-state index in [1.54, 1.807) is 31.2 Å². The summed E-state index contributed by atoms with van der Waals surface area (Å²) in [6.45, 7) is 3.61. The Hall–Kier alpha value is -2.07. The normalized spacial score (nSPS) is 10.4. The van der Waals surface area contributed by atoms with E-state index in [2.05, 4.69) is 0 Å². The minimum Gasteiger partial charge on any atom is -0.488 e. The zero-order valence-corrected chi connectivity index (χ0v) is 13.1. The van der Waals surface area contributed by atoms with E-state index in [-0.39, 0.29) is 24.8 Å². The molecule has 0 fully saturated rings. The highest BCUT2D eigenvalue weighted by Gasteiger charge is 2.13. The third kappa shape index (κ3) is 3.98. The van der Waals surface area contributed by atoms with Crippen LogP contribution in [0.15, 0.2) is 36.4 Å². The number of ether oxygens (including phenoxy) is 2. The molecule has 5 heteroatoms. The van der Waals surface area contributed by atoms with Crippen LogP contribution in [0.5, 0.6) is 11.5 Å². The van der Waals surface area contributed by atoms with Gasteiger partial charge in [-0.05, 0) is 30.7 Å². The Morgan fingerprint density at radius 2 is 2.00 bits per heavy atom. The van der Waals surface area contributed by atoms with E-state index in [1.807, 2.05) is 6.92 Å². The maximum atomic E-state index is 13.3. The summed E-state index contributed by atoms with van der Waals surface area (Å²) in [4.78, 5) is 11.5. The number of carbonyl (C=O) groups is 1. The van der Waals surface area contributed by atoms with Crippen molar-refractivity contribution < 1.29 is 18.7 Å². The minimum atomic E-state index is -0.377. The van der Waals surface area contributed by atoms with Crippen molar-refractivity contribution >= 4 is 17.6 Å². The fraction of sp³-hybridized carbons (Fsp3) is 0.235. The molecule has 0 amide bonds. The van der Waals surface area contributed by atoms with Gasteiger partial charge in [-0.25, -0.2) is 4.39 Å². The lowest BCUT2D eigenvalue weighted by Crippen LogP contribution is -2.09. The third-order valence-electron chi connectivity index (χ3n) is 3.11. The molecule has 3 nitrogen and oxygen atoms in total. The molecule has 2 aromatic carbocycles. The fourth-order valence-electron chi connectivity index (χ4n) is 1.85. The first kappa shape index (κ1) is 16.3. The van der Waals surface area contributed by atoms with Gasteiger partial charge in [0.15, 0.2) is 0 Å². The van der Waals surface area contributed by atoms with Gasteiger partial charge in [-0.3, -0.25) is 4.79 Å². The van der Waals surface area contributed by atoms with Crippen molar-refractivity contribution in [2.45, 2.75) is 26.9 Å². The molecule has 0 aliphatic heterocycles. The molecule has 0 aliphatic rings. The molecule has 2 rings (SSSR count). The van der Waals surface area contributed by atoms with Crippen LogP contribution in [-0.4, -0.2) is 5.97 Å². The third-order valence-corrected chi connectivity index (χ3v) is 3.46. The zero-order valence-electron chi connectivity index (χ0n) is 12.4.